The third-order valence-corrected chi connectivity index (χ3v) is 4.44. The summed E-state index contributed by atoms with van der Waals surface area (Å²) >= 11 is 0. The monoisotopic (exact) mass is 431 g/mol. The Morgan fingerprint density at radius 2 is 1.35 bits per heavy atom. The summed E-state index contributed by atoms with van der Waals surface area (Å²) in [4.78, 5) is 11.4. The maximum absolute atomic E-state index is 12.6. The number of amides is 1. The van der Waals surface area contributed by atoms with Crippen LogP contribution >= 0.6 is 0 Å². The molecule has 1 heterocycles. The molecular formula is C22H16F3NO5. The molecule has 1 fully saturated rings. The van der Waals surface area contributed by atoms with Crippen LogP contribution < -0.4 is 5.48 Å². The number of halogens is 3. The minimum absolute atomic E-state index is 0.435. The van der Waals surface area contributed by atoms with E-state index in [1.54, 1.807) is 24.3 Å². The number of carbonyl (C=O) groups excluding carboxylic acids is 1. The minimum atomic E-state index is -4.40. The van der Waals surface area contributed by atoms with Crippen LogP contribution in [0.5, 0.6) is 0 Å². The van der Waals surface area contributed by atoms with E-state index >= 15 is 0 Å². The molecule has 4 N–H and O–H groups in total. The molecule has 2 aromatic carbocycles. The summed E-state index contributed by atoms with van der Waals surface area (Å²) in [6.45, 7) is 0. The predicted octanol–water partition coefficient (Wildman–Crippen LogP) is 1.45. The van der Waals surface area contributed by atoms with Gasteiger partial charge in [-0.05, 0) is 48.5 Å². The molecule has 0 aliphatic carbocycles. The molecule has 6 nitrogen and oxygen atoms in total. The summed E-state index contributed by atoms with van der Waals surface area (Å²) in [5.74, 6) is 9.97. The number of aliphatic hydroxyl groups is 2. The third-order valence-electron chi connectivity index (χ3n) is 4.44. The molecule has 0 bridgehead atoms. The summed E-state index contributed by atoms with van der Waals surface area (Å²) in [5, 5.41) is 28.3. The van der Waals surface area contributed by atoms with E-state index in [0.717, 1.165) is 12.1 Å². The van der Waals surface area contributed by atoms with Crippen LogP contribution in [0.1, 0.15) is 22.3 Å². The first-order valence-corrected chi connectivity index (χ1v) is 8.95. The fourth-order valence-electron chi connectivity index (χ4n) is 2.76. The number of nitrogens with one attached hydrogen (secondary N) is 1. The van der Waals surface area contributed by atoms with E-state index in [1.807, 2.05) is 0 Å². The van der Waals surface area contributed by atoms with Crippen LogP contribution in [0.2, 0.25) is 0 Å². The number of rotatable bonds is 1. The number of hydrogen-bond donors (Lipinski definition) is 4. The van der Waals surface area contributed by atoms with Crippen LogP contribution in [-0.2, 0) is 15.7 Å². The van der Waals surface area contributed by atoms with Crippen molar-refractivity contribution < 1.29 is 38.1 Å². The molecule has 0 radical (unpaired) electrons. The number of aliphatic hydroxyl groups excluding tert-OH is 2. The highest BCUT2D eigenvalue weighted by Crippen LogP contribution is 2.29. The molecule has 0 unspecified atom stereocenters. The molecule has 1 aliphatic rings. The normalized spacial score (nSPS) is 22.6. The SMILES string of the molecule is O=C(NO)[C@H]1O[C@@H](C#Cc2ccc(C#Cc3ccc(C(F)(F)F)cc3)cc2)[C@@H](O)[C@H]1O. The van der Waals surface area contributed by atoms with E-state index in [0.29, 0.717) is 16.7 Å². The maximum Gasteiger partial charge on any atom is 0.416 e. The van der Waals surface area contributed by atoms with E-state index in [-0.39, 0.29) is 0 Å². The second-order valence-corrected chi connectivity index (χ2v) is 6.61. The van der Waals surface area contributed by atoms with Crippen LogP contribution in [0.15, 0.2) is 48.5 Å². The summed E-state index contributed by atoms with van der Waals surface area (Å²) in [5.41, 5.74) is 2.19. The van der Waals surface area contributed by atoms with Crippen LogP contribution in [-0.4, -0.2) is 45.7 Å². The Balaban J connectivity index is 1.66. The van der Waals surface area contributed by atoms with Gasteiger partial charge in [-0.25, -0.2) is 5.48 Å². The van der Waals surface area contributed by atoms with E-state index in [2.05, 4.69) is 23.7 Å². The minimum Gasteiger partial charge on any atom is -0.387 e. The van der Waals surface area contributed by atoms with Crippen molar-refractivity contribution in [1.82, 2.24) is 5.48 Å². The van der Waals surface area contributed by atoms with Gasteiger partial charge in [0, 0.05) is 16.7 Å². The molecule has 0 spiro atoms. The second kappa shape index (κ2) is 9.21. The van der Waals surface area contributed by atoms with Gasteiger partial charge in [0.05, 0.1) is 5.56 Å². The van der Waals surface area contributed by atoms with Crippen LogP contribution in [0.3, 0.4) is 0 Å². The van der Waals surface area contributed by atoms with Crippen molar-refractivity contribution in [3.05, 3.63) is 70.8 Å². The van der Waals surface area contributed by atoms with Gasteiger partial charge in [-0.15, -0.1) is 0 Å². The van der Waals surface area contributed by atoms with Crippen molar-refractivity contribution in [3.8, 4) is 23.7 Å². The summed E-state index contributed by atoms with van der Waals surface area (Å²) < 4.78 is 42.9. The first-order valence-electron chi connectivity index (χ1n) is 8.95. The highest BCUT2D eigenvalue weighted by atomic mass is 19.4. The fraction of sp³-hybridized carbons (Fsp3) is 0.227. The molecule has 0 aromatic heterocycles. The molecule has 0 saturated carbocycles. The van der Waals surface area contributed by atoms with Crippen LogP contribution in [0.4, 0.5) is 13.2 Å². The molecule has 9 heteroatoms. The number of ether oxygens (including phenoxy) is 1. The van der Waals surface area contributed by atoms with Crippen LogP contribution in [0, 0.1) is 23.7 Å². The summed E-state index contributed by atoms with van der Waals surface area (Å²) in [7, 11) is 0. The van der Waals surface area contributed by atoms with Crippen molar-refractivity contribution in [2.75, 3.05) is 0 Å². The Morgan fingerprint density at radius 1 is 0.871 bits per heavy atom. The van der Waals surface area contributed by atoms with Crippen molar-refractivity contribution in [2.45, 2.75) is 30.6 Å². The van der Waals surface area contributed by atoms with Gasteiger partial charge in [-0.1, -0.05) is 23.7 Å². The molecule has 2 aromatic rings. The van der Waals surface area contributed by atoms with E-state index in [1.165, 1.54) is 17.6 Å². The van der Waals surface area contributed by atoms with Crippen molar-refractivity contribution in [2.24, 2.45) is 0 Å². The van der Waals surface area contributed by atoms with Gasteiger partial charge in [0.2, 0.25) is 0 Å². The highest BCUT2D eigenvalue weighted by molar-refractivity contribution is 5.80. The van der Waals surface area contributed by atoms with Crippen molar-refractivity contribution in [1.29, 1.82) is 0 Å². The lowest BCUT2D eigenvalue weighted by Crippen LogP contribution is -2.41. The molecule has 1 aliphatic heterocycles. The Bertz CT molecular complexity index is 1060. The van der Waals surface area contributed by atoms with Gasteiger partial charge in [-0.2, -0.15) is 13.2 Å². The number of carbonyl (C=O) groups is 1. The van der Waals surface area contributed by atoms with E-state index in [9.17, 15) is 28.2 Å². The van der Waals surface area contributed by atoms with Gasteiger partial charge in [0.25, 0.3) is 5.91 Å². The fourth-order valence-corrected chi connectivity index (χ4v) is 2.76. The van der Waals surface area contributed by atoms with Crippen molar-refractivity contribution in [3.63, 3.8) is 0 Å². The third kappa shape index (κ3) is 5.43. The number of alkyl halides is 3. The number of hydrogen-bond acceptors (Lipinski definition) is 5. The molecular weight excluding hydrogens is 415 g/mol. The summed E-state index contributed by atoms with van der Waals surface area (Å²) in [6, 6.07) is 11.1. The zero-order valence-electron chi connectivity index (χ0n) is 15.7. The Hall–Kier alpha value is -3.34. The molecule has 1 amide bonds. The summed E-state index contributed by atoms with van der Waals surface area (Å²) in [6.07, 6.45) is -9.93. The zero-order valence-corrected chi connectivity index (χ0v) is 15.7. The topological polar surface area (TPSA) is 99.0 Å². The quantitative estimate of drug-likeness (QED) is 0.311. The lowest BCUT2D eigenvalue weighted by Gasteiger charge is -2.11. The maximum atomic E-state index is 12.6. The Kier molecular flexibility index (Phi) is 6.64. The number of hydroxylamine groups is 1. The zero-order chi connectivity index (χ0) is 22.6. The lowest BCUT2D eigenvalue weighted by atomic mass is 10.1. The van der Waals surface area contributed by atoms with Gasteiger partial charge in [0.1, 0.15) is 18.3 Å². The van der Waals surface area contributed by atoms with Gasteiger partial charge >= 0.3 is 6.18 Å². The standard InChI is InChI=1S/C22H16F3NO5/c23-22(24,25)16-10-7-15(8-11-16)6-3-13-1-4-14(5-2-13)9-12-17-18(27)19(28)20(31-17)21(29)26-30/h1-2,4-5,7-8,10-11,17-20,27-28,30H,(H,26,29)/t17-,18+,19+,20-/m0/s1. The van der Waals surface area contributed by atoms with Gasteiger partial charge in [-0.3, -0.25) is 10.0 Å². The average Bonchev–Trinajstić information content (AvgIpc) is 3.04. The van der Waals surface area contributed by atoms with Crippen LogP contribution in [0.25, 0.3) is 0 Å². The lowest BCUT2D eigenvalue weighted by molar-refractivity contribution is -0.143. The van der Waals surface area contributed by atoms with Gasteiger partial charge in [0.15, 0.2) is 6.10 Å². The van der Waals surface area contributed by atoms with E-state index < -0.39 is 42.1 Å². The van der Waals surface area contributed by atoms with Gasteiger partial charge < -0.3 is 14.9 Å². The molecule has 31 heavy (non-hydrogen) atoms. The smallest absolute Gasteiger partial charge is 0.387 e. The highest BCUT2D eigenvalue weighted by Gasteiger charge is 2.45. The molecule has 160 valence electrons. The Labute approximate surface area is 175 Å². The molecule has 1 saturated heterocycles. The average molecular weight is 431 g/mol. The second-order valence-electron chi connectivity index (χ2n) is 6.61. The number of benzene rings is 2. The largest absolute Gasteiger partial charge is 0.416 e. The Morgan fingerprint density at radius 3 is 1.84 bits per heavy atom. The van der Waals surface area contributed by atoms with E-state index in [4.69, 9.17) is 9.94 Å². The first kappa shape index (κ1) is 22.3. The molecule has 4 atom stereocenters. The first-order chi connectivity index (χ1) is 14.7. The predicted molar refractivity (Wildman–Crippen MR) is 101 cm³/mol. The molecule has 3 rings (SSSR count). The van der Waals surface area contributed by atoms with Crippen molar-refractivity contribution >= 4 is 5.91 Å².